The summed E-state index contributed by atoms with van der Waals surface area (Å²) in [5.41, 5.74) is 0.590. The molecule has 1 amide bonds. The van der Waals surface area contributed by atoms with Gasteiger partial charge in [-0.3, -0.25) is 4.79 Å². The summed E-state index contributed by atoms with van der Waals surface area (Å²) in [6.45, 7) is 2.00. The number of amides is 1. The van der Waals surface area contributed by atoms with Crippen molar-refractivity contribution in [1.82, 2.24) is 15.3 Å². The normalized spacial score (nSPS) is 12.5. The lowest BCUT2D eigenvalue weighted by Gasteiger charge is -2.19. The monoisotopic (exact) mass is 447 g/mol. The van der Waals surface area contributed by atoms with Gasteiger partial charge in [-0.25, -0.2) is 9.97 Å². The van der Waals surface area contributed by atoms with Crippen LogP contribution in [0.3, 0.4) is 0 Å². The van der Waals surface area contributed by atoms with Crippen LogP contribution in [0.1, 0.15) is 41.1 Å². The Hall–Kier alpha value is -2.20. The van der Waals surface area contributed by atoms with Crippen molar-refractivity contribution in [2.24, 2.45) is 0 Å². The Morgan fingerprint density at radius 3 is 2.59 bits per heavy atom. The second-order valence-electron chi connectivity index (χ2n) is 5.60. The summed E-state index contributed by atoms with van der Waals surface area (Å²) in [4.78, 5) is 18.6. The van der Waals surface area contributed by atoms with E-state index in [1.807, 2.05) is 0 Å². The standard InChI is InChI=1S/C17H17BrF3N3O3/c1-10(13-4-3-12(18)7-14(13)27-6-2-5-25)24-15(26)11-8-22-16(23-9-11)17(19,20)21/h3-4,7-10,25H,2,5-6H2,1H3,(H,24,26)/t10-/m0/s1. The van der Waals surface area contributed by atoms with Gasteiger partial charge in [0.15, 0.2) is 0 Å². The predicted octanol–water partition coefficient (Wildman–Crippen LogP) is 3.51. The highest BCUT2D eigenvalue weighted by Crippen LogP contribution is 2.29. The summed E-state index contributed by atoms with van der Waals surface area (Å²) in [5, 5.41) is 11.5. The largest absolute Gasteiger partial charge is 0.493 e. The zero-order valence-electron chi connectivity index (χ0n) is 14.3. The molecular weight excluding hydrogens is 431 g/mol. The molecule has 1 aromatic carbocycles. The van der Waals surface area contributed by atoms with Crippen LogP contribution in [0.15, 0.2) is 35.1 Å². The molecule has 0 aliphatic rings. The first kappa shape index (κ1) is 21.1. The van der Waals surface area contributed by atoms with Crippen molar-refractivity contribution < 1.29 is 27.8 Å². The first-order valence-corrected chi connectivity index (χ1v) is 8.75. The van der Waals surface area contributed by atoms with Crippen LogP contribution in [0.2, 0.25) is 0 Å². The Bertz CT molecular complexity index is 785. The number of halogens is 4. The molecule has 2 aromatic rings. The highest BCUT2D eigenvalue weighted by Gasteiger charge is 2.34. The van der Waals surface area contributed by atoms with Gasteiger partial charge >= 0.3 is 6.18 Å². The van der Waals surface area contributed by atoms with Crippen molar-refractivity contribution in [3.63, 3.8) is 0 Å². The molecule has 10 heteroatoms. The number of aliphatic hydroxyl groups is 1. The zero-order chi connectivity index (χ0) is 20.0. The van der Waals surface area contributed by atoms with Gasteiger partial charge in [-0.15, -0.1) is 0 Å². The summed E-state index contributed by atoms with van der Waals surface area (Å²) in [6, 6.07) is 4.78. The molecule has 27 heavy (non-hydrogen) atoms. The van der Waals surface area contributed by atoms with Crippen molar-refractivity contribution >= 4 is 21.8 Å². The molecule has 0 bridgehead atoms. The number of rotatable bonds is 7. The van der Waals surface area contributed by atoms with Crippen LogP contribution in [0.4, 0.5) is 13.2 Å². The molecule has 0 saturated carbocycles. The van der Waals surface area contributed by atoms with E-state index >= 15 is 0 Å². The van der Waals surface area contributed by atoms with Crippen LogP contribution in [0, 0.1) is 0 Å². The van der Waals surface area contributed by atoms with Crippen molar-refractivity contribution in [3.05, 3.63) is 52.0 Å². The first-order chi connectivity index (χ1) is 12.7. The molecule has 0 aliphatic carbocycles. The van der Waals surface area contributed by atoms with Gasteiger partial charge in [0.25, 0.3) is 5.91 Å². The van der Waals surface area contributed by atoms with Crippen molar-refractivity contribution in [2.75, 3.05) is 13.2 Å². The minimum Gasteiger partial charge on any atom is -0.493 e. The molecule has 0 radical (unpaired) electrons. The molecule has 0 saturated heterocycles. The van der Waals surface area contributed by atoms with E-state index in [2.05, 4.69) is 31.2 Å². The third kappa shape index (κ3) is 5.90. The lowest BCUT2D eigenvalue weighted by molar-refractivity contribution is -0.145. The first-order valence-electron chi connectivity index (χ1n) is 7.95. The molecule has 1 atom stereocenters. The van der Waals surface area contributed by atoms with E-state index in [1.165, 1.54) is 0 Å². The number of carbonyl (C=O) groups is 1. The smallest absolute Gasteiger partial charge is 0.451 e. The SMILES string of the molecule is C[C@H](NC(=O)c1cnc(C(F)(F)F)nc1)c1ccc(Br)cc1OCCCO. The van der Waals surface area contributed by atoms with Gasteiger partial charge in [-0.05, 0) is 19.1 Å². The summed E-state index contributed by atoms with van der Waals surface area (Å²) in [7, 11) is 0. The molecule has 6 nitrogen and oxygen atoms in total. The van der Waals surface area contributed by atoms with Crippen LogP contribution in [-0.4, -0.2) is 34.2 Å². The number of hydrogen-bond donors (Lipinski definition) is 2. The minimum absolute atomic E-state index is 0.0104. The topological polar surface area (TPSA) is 84.3 Å². The molecular formula is C17H17BrF3N3O3. The van der Waals surface area contributed by atoms with E-state index in [1.54, 1.807) is 25.1 Å². The van der Waals surface area contributed by atoms with Gasteiger partial charge in [0, 0.05) is 35.5 Å². The third-order valence-corrected chi connectivity index (χ3v) is 4.01. The van der Waals surface area contributed by atoms with Crippen LogP contribution in [0.5, 0.6) is 5.75 Å². The molecule has 0 spiro atoms. The Labute approximate surface area is 161 Å². The molecule has 2 N–H and O–H groups in total. The second-order valence-corrected chi connectivity index (χ2v) is 6.51. The Morgan fingerprint density at radius 2 is 2.00 bits per heavy atom. The highest BCUT2D eigenvalue weighted by molar-refractivity contribution is 9.10. The highest BCUT2D eigenvalue weighted by atomic mass is 79.9. The fraction of sp³-hybridized carbons (Fsp3) is 0.353. The van der Waals surface area contributed by atoms with E-state index in [4.69, 9.17) is 9.84 Å². The average molecular weight is 448 g/mol. The van der Waals surface area contributed by atoms with Crippen LogP contribution >= 0.6 is 15.9 Å². The molecule has 1 aromatic heterocycles. The Morgan fingerprint density at radius 1 is 1.33 bits per heavy atom. The van der Waals surface area contributed by atoms with Gasteiger partial charge < -0.3 is 15.2 Å². The number of aromatic nitrogens is 2. The van der Waals surface area contributed by atoms with Gasteiger partial charge in [0.2, 0.25) is 5.82 Å². The van der Waals surface area contributed by atoms with Gasteiger partial charge in [-0.1, -0.05) is 22.0 Å². The second kappa shape index (κ2) is 9.14. The number of hydrogen-bond acceptors (Lipinski definition) is 5. The maximum absolute atomic E-state index is 12.5. The maximum Gasteiger partial charge on any atom is 0.451 e. The van der Waals surface area contributed by atoms with Crippen LogP contribution < -0.4 is 10.1 Å². The zero-order valence-corrected chi connectivity index (χ0v) is 15.8. The summed E-state index contributed by atoms with van der Waals surface area (Å²) in [5.74, 6) is -1.39. The maximum atomic E-state index is 12.5. The minimum atomic E-state index is -4.67. The number of benzene rings is 1. The lowest BCUT2D eigenvalue weighted by atomic mass is 10.1. The Kier molecular flexibility index (Phi) is 7.14. The van der Waals surface area contributed by atoms with Crippen LogP contribution in [0.25, 0.3) is 0 Å². The quantitative estimate of drug-likeness (QED) is 0.634. The van der Waals surface area contributed by atoms with E-state index < -0.39 is 23.9 Å². The number of aliphatic hydroxyl groups excluding tert-OH is 1. The van der Waals surface area contributed by atoms with E-state index in [9.17, 15) is 18.0 Å². The summed E-state index contributed by atoms with van der Waals surface area (Å²) in [6.07, 6.45) is -2.55. The number of alkyl halides is 3. The Balaban J connectivity index is 2.12. The molecule has 2 rings (SSSR count). The fourth-order valence-electron chi connectivity index (χ4n) is 2.19. The molecule has 146 valence electrons. The van der Waals surface area contributed by atoms with E-state index in [0.29, 0.717) is 24.3 Å². The number of carbonyl (C=O) groups excluding carboxylic acids is 1. The molecule has 0 fully saturated rings. The van der Waals surface area contributed by atoms with Gasteiger partial charge in [-0.2, -0.15) is 13.2 Å². The average Bonchev–Trinajstić information content (AvgIpc) is 2.61. The van der Waals surface area contributed by atoms with Gasteiger partial charge in [0.1, 0.15) is 5.75 Å². The third-order valence-electron chi connectivity index (χ3n) is 3.52. The van der Waals surface area contributed by atoms with Crippen molar-refractivity contribution in [1.29, 1.82) is 0 Å². The van der Waals surface area contributed by atoms with E-state index in [-0.39, 0.29) is 12.2 Å². The fourth-order valence-corrected chi connectivity index (χ4v) is 2.53. The molecule has 0 unspecified atom stereocenters. The number of ether oxygens (including phenoxy) is 1. The summed E-state index contributed by atoms with van der Waals surface area (Å²) >= 11 is 3.34. The van der Waals surface area contributed by atoms with E-state index in [0.717, 1.165) is 16.9 Å². The lowest BCUT2D eigenvalue weighted by Crippen LogP contribution is -2.27. The van der Waals surface area contributed by atoms with Crippen molar-refractivity contribution in [3.8, 4) is 5.75 Å². The number of nitrogens with zero attached hydrogens (tertiary/aromatic N) is 2. The van der Waals surface area contributed by atoms with Crippen molar-refractivity contribution in [2.45, 2.75) is 25.6 Å². The van der Waals surface area contributed by atoms with Gasteiger partial charge in [0.05, 0.1) is 18.2 Å². The molecule has 1 heterocycles. The molecule has 0 aliphatic heterocycles. The number of nitrogens with one attached hydrogen (secondary N) is 1. The van der Waals surface area contributed by atoms with Crippen LogP contribution in [-0.2, 0) is 6.18 Å². The summed E-state index contributed by atoms with van der Waals surface area (Å²) < 4.78 is 43.9. The predicted molar refractivity (Wildman–Crippen MR) is 94.3 cm³/mol.